The zero-order valence-electron chi connectivity index (χ0n) is 16.2. The molecular weight excluding hydrogens is 402 g/mol. The average molecular weight is 419 g/mol. The van der Waals surface area contributed by atoms with Gasteiger partial charge in [-0.05, 0) is 61.0 Å². The van der Waals surface area contributed by atoms with E-state index in [9.17, 15) is 14.9 Å². The maximum Gasteiger partial charge on any atom is 0.270 e. The average Bonchev–Trinajstić information content (AvgIpc) is 3.32. The first-order valence-corrected chi connectivity index (χ1v) is 9.92. The number of non-ortho nitro benzene ring substituents is 1. The molecule has 8 heteroatoms. The molecular formula is C22H17N3O4S. The van der Waals surface area contributed by atoms with Crippen molar-refractivity contribution in [2.45, 2.75) is 13.8 Å². The minimum absolute atomic E-state index is 0.0123. The highest BCUT2D eigenvalue weighted by molar-refractivity contribution is 8.18. The molecule has 0 spiro atoms. The summed E-state index contributed by atoms with van der Waals surface area (Å²) in [5, 5.41) is 14.2. The van der Waals surface area contributed by atoms with Crippen LogP contribution in [0.5, 0.6) is 0 Å². The standard InChI is InChI=1S/C22H17N3O4S/c1-13-6-7-16(10-14(13)2)23-22-24-21(26)20(30-22)12-18-8-9-19(29-18)15-4-3-5-17(11-15)25(27)28/h3-12H,1-2H3,(H,23,24,26)/b20-12+. The summed E-state index contributed by atoms with van der Waals surface area (Å²) in [7, 11) is 0. The number of amidine groups is 1. The van der Waals surface area contributed by atoms with Gasteiger partial charge in [-0.25, -0.2) is 4.99 Å². The number of nitrogens with zero attached hydrogens (tertiary/aromatic N) is 2. The molecule has 4 rings (SSSR count). The summed E-state index contributed by atoms with van der Waals surface area (Å²) in [4.78, 5) is 27.8. The number of carbonyl (C=O) groups is 1. The van der Waals surface area contributed by atoms with Crippen LogP contribution >= 0.6 is 11.8 Å². The third-order valence-corrected chi connectivity index (χ3v) is 5.52. The Hall–Kier alpha value is -3.65. The van der Waals surface area contributed by atoms with Crippen molar-refractivity contribution in [3.05, 3.63) is 86.5 Å². The number of furan rings is 1. The number of aryl methyl sites for hydroxylation is 2. The van der Waals surface area contributed by atoms with Crippen molar-refractivity contribution in [2.75, 3.05) is 0 Å². The van der Waals surface area contributed by atoms with Crippen molar-refractivity contribution in [1.82, 2.24) is 5.32 Å². The summed E-state index contributed by atoms with van der Waals surface area (Å²) in [5.41, 5.74) is 3.66. The second-order valence-electron chi connectivity index (χ2n) is 6.76. The Balaban J connectivity index is 1.55. The van der Waals surface area contributed by atoms with Crippen LogP contribution in [0.2, 0.25) is 0 Å². The van der Waals surface area contributed by atoms with Gasteiger partial charge in [-0.1, -0.05) is 18.2 Å². The van der Waals surface area contributed by atoms with Crippen molar-refractivity contribution in [3.63, 3.8) is 0 Å². The highest BCUT2D eigenvalue weighted by atomic mass is 32.2. The van der Waals surface area contributed by atoms with Crippen LogP contribution in [0.15, 0.2) is 68.9 Å². The Bertz CT molecular complexity index is 1230. The van der Waals surface area contributed by atoms with E-state index in [-0.39, 0.29) is 11.6 Å². The van der Waals surface area contributed by atoms with Gasteiger partial charge in [0.15, 0.2) is 5.17 Å². The van der Waals surface area contributed by atoms with Crippen LogP contribution in [0.4, 0.5) is 11.4 Å². The summed E-state index contributed by atoms with van der Waals surface area (Å²) in [6.45, 7) is 4.05. The lowest BCUT2D eigenvalue weighted by atomic mass is 10.1. The highest BCUT2D eigenvalue weighted by Crippen LogP contribution is 2.31. The van der Waals surface area contributed by atoms with Gasteiger partial charge in [0.1, 0.15) is 11.5 Å². The predicted molar refractivity (Wildman–Crippen MR) is 118 cm³/mol. The van der Waals surface area contributed by atoms with Gasteiger partial charge >= 0.3 is 0 Å². The van der Waals surface area contributed by atoms with Gasteiger partial charge in [-0.15, -0.1) is 0 Å². The maximum atomic E-state index is 12.3. The molecule has 0 bridgehead atoms. The minimum atomic E-state index is -0.453. The van der Waals surface area contributed by atoms with Crippen LogP contribution < -0.4 is 5.32 Å². The largest absolute Gasteiger partial charge is 0.457 e. The molecule has 2 aromatic carbocycles. The first-order chi connectivity index (χ1) is 14.4. The van der Waals surface area contributed by atoms with Gasteiger partial charge in [0, 0.05) is 23.8 Å². The molecule has 0 saturated carbocycles. The Morgan fingerprint density at radius 1 is 1.10 bits per heavy atom. The second kappa shape index (κ2) is 8.00. The van der Waals surface area contributed by atoms with Crippen molar-refractivity contribution in [3.8, 4) is 11.3 Å². The molecule has 1 aliphatic rings. The van der Waals surface area contributed by atoms with Gasteiger partial charge in [0.25, 0.3) is 11.6 Å². The van der Waals surface area contributed by atoms with Crippen molar-refractivity contribution in [1.29, 1.82) is 0 Å². The lowest BCUT2D eigenvalue weighted by Crippen LogP contribution is -2.19. The van der Waals surface area contributed by atoms with E-state index < -0.39 is 4.92 Å². The zero-order chi connectivity index (χ0) is 21.3. The monoisotopic (exact) mass is 419 g/mol. The summed E-state index contributed by atoms with van der Waals surface area (Å²) in [6, 6.07) is 15.5. The first kappa shape index (κ1) is 19.7. The van der Waals surface area contributed by atoms with Crippen LogP contribution in [0.3, 0.4) is 0 Å². The summed E-state index contributed by atoms with van der Waals surface area (Å²) >= 11 is 1.23. The molecule has 1 amide bonds. The number of nitro benzene ring substituents is 1. The molecule has 0 atom stereocenters. The van der Waals surface area contributed by atoms with Gasteiger partial charge in [-0.2, -0.15) is 0 Å². The third kappa shape index (κ3) is 4.18. The van der Waals surface area contributed by atoms with E-state index in [0.717, 1.165) is 11.3 Å². The molecule has 0 unspecified atom stereocenters. The molecule has 3 aromatic rings. The Labute approximate surface area is 176 Å². The number of nitro groups is 1. The fraction of sp³-hybridized carbons (Fsp3) is 0.0909. The minimum Gasteiger partial charge on any atom is -0.457 e. The van der Waals surface area contributed by atoms with Crippen LogP contribution in [0.1, 0.15) is 16.9 Å². The van der Waals surface area contributed by atoms with Crippen LogP contribution in [-0.4, -0.2) is 16.0 Å². The van der Waals surface area contributed by atoms with E-state index in [0.29, 0.717) is 27.2 Å². The van der Waals surface area contributed by atoms with Gasteiger partial charge in [0.05, 0.1) is 15.5 Å². The van der Waals surface area contributed by atoms with Crippen LogP contribution in [0.25, 0.3) is 17.4 Å². The number of thioether (sulfide) groups is 1. The molecule has 150 valence electrons. The molecule has 1 N–H and O–H groups in total. The van der Waals surface area contributed by atoms with E-state index >= 15 is 0 Å². The van der Waals surface area contributed by atoms with E-state index in [4.69, 9.17) is 4.42 Å². The Morgan fingerprint density at radius 2 is 1.93 bits per heavy atom. The van der Waals surface area contributed by atoms with Crippen molar-refractivity contribution in [2.24, 2.45) is 4.99 Å². The SMILES string of the molecule is Cc1ccc(N=C2NC(=O)/C(=C\c3ccc(-c4cccc([N+](=O)[O-])c4)o3)S2)cc1C. The number of aliphatic imine (C=N–C) groups is 1. The smallest absolute Gasteiger partial charge is 0.270 e. The quantitative estimate of drug-likeness (QED) is 0.349. The molecule has 1 fully saturated rings. The van der Waals surface area contributed by atoms with Crippen LogP contribution in [0, 0.1) is 24.0 Å². The van der Waals surface area contributed by atoms with Crippen molar-refractivity contribution < 1.29 is 14.1 Å². The summed E-state index contributed by atoms with van der Waals surface area (Å²) in [6.07, 6.45) is 1.63. The van der Waals surface area contributed by atoms with Gasteiger partial charge < -0.3 is 9.73 Å². The Kier molecular flexibility index (Phi) is 5.24. The molecule has 0 aliphatic carbocycles. The highest BCUT2D eigenvalue weighted by Gasteiger charge is 2.24. The Morgan fingerprint density at radius 3 is 2.70 bits per heavy atom. The number of rotatable bonds is 4. The number of nitrogens with one attached hydrogen (secondary N) is 1. The lowest BCUT2D eigenvalue weighted by molar-refractivity contribution is -0.384. The first-order valence-electron chi connectivity index (χ1n) is 9.10. The summed E-state index contributed by atoms with van der Waals surface area (Å²) < 4.78 is 5.76. The topological polar surface area (TPSA) is 97.7 Å². The normalized spacial score (nSPS) is 16.3. The third-order valence-electron chi connectivity index (χ3n) is 4.61. The fourth-order valence-electron chi connectivity index (χ4n) is 2.88. The summed E-state index contributed by atoms with van der Waals surface area (Å²) in [5.74, 6) is 0.704. The fourth-order valence-corrected chi connectivity index (χ4v) is 3.70. The van der Waals surface area contributed by atoms with E-state index in [1.165, 1.54) is 29.5 Å². The van der Waals surface area contributed by atoms with Gasteiger partial charge in [0.2, 0.25) is 0 Å². The molecule has 7 nitrogen and oxygen atoms in total. The zero-order valence-corrected chi connectivity index (χ0v) is 17.0. The number of hydrogen-bond acceptors (Lipinski definition) is 6. The number of hydrogen-bond donors (Lipinski definition) is 1. The molecule has 1 aromatic heterocycles. The lowest BCUT2D eigenvalue weighted by Gasteiger charge is -2.01. The molecule has 0 radical (unpaired) electrons. The molecule has 30 heavy (non-hydrogen) atoms. The van der Waals surface area contributed by atoms with E-state index in [1.54, 1.807) is 30.3 Å². The number of amides is 1. The second-order valence-corrected chi connectivity index (χ2v) is 7.79. The van der Waals surface area contributed by atoms with Crippen molar-refractivity contribution >= 4 is 40.3 Å². The number of benzene rings is 2. The predicted octanol–water partition coefficient (Wildman–Crippen LogP) is 5.36. The number of carbonyl (C=O) groups excluding carboxylic acids is 1. The van der Waals surface area contributed by atoms with E-state index in [2.05, 4.69) is 10.3 Å². The molecule has 1 aliphatic heterocycles. The maximum absolute atomic E-state index is 12.3. The van der Waals surface area contributed by atoms with E-state index in [1.807, 2.05) is 32.0 Å². The van der Waals surface area contributed by atoms with Crippen LogP contribution in [-0.2, 0) is 4.79 Å². The molecule has 2 heterocycles. The molecule has 1 saturated heterocycles. The van der Waals surface area contributed by atoms with Gasteiger partial charge in [-0.3, -0.25) is 14.9 Å².